The fourth-order valence-corrected chi connectivity index (χ4v) is 5.51. The molecule has 1 aromatic heterocycles. The van der Waals surface area contributed by atoms with Gasteiger partial charge in [-0.05, 0) is 26.0 Å². The van der Waals surface area contributed by atoms with Gasteiger partial charge in [-0.1, -0.05) is 23.7 Å². The summed E-state index contributed by atoms with van der Waals surface area (Å²) in [7, 11) is -1.86. The molecule has 1 saturated heterocycles. The smallest absolute Gasteiger partial charge is 0.229 e. The molecule has 208 valence electrons. The van der Waals surface area contributed by atoms with Gasteiger partial charge in [0, 0.05) is 37.8 Å². The highest BCUT2D eigenvalue weighted by Crippen LogP contribution is 2.43. The molecular formula is C26H32ClN7O4S. The number of methoxy groups -OCH3 is 1. The minimum atomic E-state index is -3.48. The van der Waals surface area contributed by atoms with Crippen molar-refractivity contribution < 1.29 is 17.9 Å². The van der Waals surface area contributed by atoms with Gasteiger partial charge in [0.25, 0.3) is 0 Å². The molecule has 0 aliphatic carbocycles. The van der Waals surface area contributed by atoms with E-state index in [1.165, 1.54) is 6.20 Å². The first kappa shape index (κ1) is 27.1. The molecule has 11 nitrogen and oxygen atoms in total. The number of anilines is 6. The van der Waals surface area contributed by atoms with E-state index < -0.39 is 10.0 Å². The average molecular weight is 574 g/mol. The summed E-state index contributed by atoms with van der Waals surface area (Å²) >= 11 is 6.37. The lowest BCUT2D eigenvalue weighted by molar-refractivity contribution is 0.142. The number of rotatable bonds is 8. The Morgan fingerprint density at radius 1 is 1.13 bits per heavy atom. The molecule has 2 aromatic carbocycles. The van der Waals surface area contributed by atoms with Crippen molar-refractivity contribution in [3.8, 4) is 11.5 Å². The molecule has 5 rings (SSSR count). The minimum Gasteiger partial charge on any atom is -0.494 e. The van der Waals surface area contributed by atoms with Gasteiger partial charge in [0.2, 0.25) is 16.0 Å². The Kier molecular flexibility index (Phi) is 7.61. The summed E-state index contributed by atoms with van der Waals surface area (Å²) in [6, 6.07) is 11.5. The monoisotopic (exact) mass is 573 g/mol. The number of aromatic nitrogens is 2. The van der Waals surface area contributed by atoms with E-state index in [0.29, 0.717) is 41.3 Å². The highest BCUT2D eigenvalue weighted by molar-refractivity contribution is 7.92. The number of hydrogen-bond acceptors (Lipinski definition) is 10. The highest BCUT2D eigenvalue weighted by Gasteiger charge is 2.34. The number of nitrogens with zero attached hydrogens (tertiary/aromatic N) is 4. The fraction of sp³-hybridized carbons (Fsp3) is 0.385. The van der Waals surface area contributed by atoms with Gasteiger partial charge in [0.05, 0.1) is 48.4 Å². The first-order chi connectivity index (χ1) is 18.6. The summed E-state index contributed by atoms with van der Waals surface area (Å²) in [4.78, 5) is 13.7. The molecule has 39 heavy (non-hydrogen) atoms. The molecule has 0 unspecified atom stereocenters. The van der Waals surface area contributed by atoms with Crippen LogP contribution in [0.4, 0.5) is 34.5 Å². The normalized spacial score (nSPS) is 17.2. The first-order valence-corrected chi connectivity index (χ1v) is 14.9. The molecule has 2 aliphatic rings. The number of sulfonamides is 1. The molecule has 0 spiro atoms. The number of nitrogens with one attached hydrogen (secondary N) is 3. The van der Waals surface area contributed by atoms with Crippen molar-refractivity contribution in [3.05, 3.63) is 47.6 Å². The quantitative estimate of drug-likeness (QED) is 0.360. The van der Waals surface area contributed by atoms with E-state index in [0.717, 1.165) is 37.3 Å². The van der Waals surface area contributed by atoms with Crippen LogP contribution in [-0.4, -0.2) is 75.0 Å². The Morgan fingerprint density at radius 3 is 2.62 bits per heavy atom. The number of fused-ring (bicyclic) bond motifs is 3. The maximum atomic E-state index is 11.8. The highest BCUT2D eigenvalue weighted by atomic mass is 35.5. The van der Waals surface area contributed by atoms with Gasteiger partial charge in [-0.25, -0.2) is 13.4 Å². The van der Waals surface area contributed by atoms with Crippen molar-refractivity contribution in [2.45, 2.75) is 25.9 Å². The fourth-order valence-electron chi connectivity index (χ4n) is 4.79. The zero-order valence-corrected chi connectivity index (χ0v) is 23.8. The third-order valence-electron chi connectivity index (χ3n) is 6.73. The number of para-hydroxylation sites is 2. The van der Waals surface area contributed by atoms with E-state index in [2.05, 4.69) is 49.0 Å². The standard InChI is InChI=1S/C26H32ClN7O4S/c1-16(2)33-9-10-34-17(14-33)15-38-24-11-21(23(37-3)12-22(24)34)30-26-28-13-18(27)25(31-26)29-19-7-5-6-8-20(19)32-39(4,35)36/h5-8,11-13,16-17,32H,9-10,14-15H2,1-4H3,(H2,28,29,30,31)/t17-/m0/s1. The predicted molar refractivity (Wildman–Crippen MR) is 155 cm³/mol. The summed E-state index contributed by atoms with van der Waals surface area (Å²) in [5.41, 5.74) is 2.50. The molecule has 1 atom stereocenters. The molecule has 1 fully saturated rings. The van der Waals surface area contributed by atoms with Gasteiger partial charge in [0.1, 0.15) is 23.1 Å². The zero-order valence-electron chi connectivity index (χ0n) is 22.2. The molecule has 3 heterocycles. The van der Waals surface area contributed by atoms with Crippen LogP contribution in [-0.2, 0) is 10.0 Å². The van der Waals surface area contributed by atoms with Crippen molar-refractivity contribution in [1.82, 2.24) is 14.9 Å². The van der Waals surface area contributed by atoms with Crippen LogP contribution in [0.5, 0.6) is 11.5 Å². The number of benzene rings is 2. The summed E-state index contributed by atoms with van der Waals surface area (Å²) in [6.45, 7) is 7.91. The van der Waals surface area contributed by atoms with Crippen molar-refractivity contribution in [3.63, 3.8) is 0 Å². The summed E-state index contributed by atoms with van der Waals surface area (Å²) in [5.74, 6) is 1.96. The van der Waals surface area contributed by atoms with Crippen molar-refractivity contribution in [1.29, 1.82) is 0 Å². The lowest BCUT2D eigenvalue weighted by Crippen LogP contribution is -2.58. The topological polar surface area (TPSA) is 121 Å². The Balaban J connectivity index is 1.39. The van der Waals surface area contributed by atoms with Crippen LogP contribution in [0.2, 0.25) is 5.02 Å². The molecular weight excluding hydrogens is 542 g/mol. The van der Waals surface area contributed by atoms with Crippen LogP contribution < -0.4 is 29.7 Å². The first-order valence-electron chi connectivity index (χ1n) is 12.6. The molecule has 0 saturated carbocycles. The van der Waals surface area contributed by atoms with E-state index in [4.69, 9.17) is 21.1 Å². The largest absolute Gasteiger partial charge is 0.494 e. The third-order valence-corrected chi connectivity index (χ3v) is 7.60. The molecule has 3 N–H and O–H groups in total. The van der Waals surface area contributed by atoms with Gasteiger partial charge in [-0.2, -0.15) is 4.98 Å². The van der Waals surface area contributed by atoms with Gasteiger partial charge in [0.15, 0.2) is 5.82 Å². The summed E-state index contributed by atoms with van der Waals surface area (Å²) < 4.78 is 37.9. The maximum absolute atomic E-state index is 11.8. The van der Waals surface area contributed by atoms with Gasteiger partial charge in [-0.3, -0.25) is 9.62 Å². The second-order valence-corrected chi connectivity index (χ2v) is 12.0. The number of hydrogen-bond donors (Lipinski definition) is 3. The SMILES string of the molecule is COc1cc2c(cc1Nc1ncc(Cl)c(Nc3ccccc3NS(C)(=O)=O)n1)OC[C@@H]1CN(C(C)C)CCN21. The minimum absolute atomic E-state index is 0.266. The third kappa shape index (κ3) is 6.07. The Labute approximate surface area is 233 Å². The maximum Gasteiger partial charge on any atom is 0.229 e. The van der Waals surface area contributed by atoms with Crippen molar-refractivity contribution in [2.75, 3.05) is 59.9 Å². The Morgan fingerprint density at radius 2 is 1.90 bits per heavy atom. The summed E-state index contributed by atoms with van der Waals surface area (Å²) in [6.07, 6.45) is 2.55. The van der Waals surface area contributed by atoms with E-state index >= 15 is 0 Å². The average Bonchev–Trinajstić information content (AvgIpc) is 2.90. The van der Waals surface area contributed by atoms with Gasteiger partial charge in [-0.15, -0.1) is 0 Å². The van der Waals surface area contributed by atoms with E-state index in [1.54, 1.807) is 31.4 Å². The molecule has 0 amide bonds. The van der Waals surface area contributed by atoms with Crippen LogP contribution in [0.25, 0.3) is 0 Å². The van der Waals surface area contributed by atoms with Crippen LogP contribution in [0.1, 0.15) is 13.8 Å². The van der Waals surface area contributed by atoms with Crippen LogP contribution in [0, 0.1) is 0 Å². The second kappa shape index (κ2) is 10.9. The Bertz CT molecular complexity index is 1470. The summed E-state index contributed by atoms with van der Waals surface area (Å²) in [5, 5.41) is 6.57. The molecule has 2 aliphatic heterocycles. The van der Waals surface area contributed by atoms with Crippen LogP contribution >= 0.6 is 11.6 Å². The van der Waals surface area contributed by atoms with Gasteiger partial charge < -0.3 is 25.0 Å². The molecule has 3 aromatic rings. The second-order valence-electron chi connectivity index (χ2n) is 9.83. The van der Waals surface area contributed by atoms with E-state index in [1.807, 2.05) is 12.1 Å². The lowest BCUT2D eigenvalue weighted by atomic mass is 10.1. The van der Waals surface area contributed by atoms with Crippen LogP contribution in [0.3, 0.4) is 0 Å². The number of piperazine rings is 1. The zero-order chi connectivity index (χ0) is 27.7. The van der Waals surface area contributed by atoms with Crippen molar-refractivity contribution in [2.24, 2.45) is 0 Å². The Hall–Kier alpha value is -3.48. The predicted octanol–water partition coefficient (Wildman–Crippen LogP) is 4.29. The van der Waals surface area contributed by atoms with Gasteiger partial charge >= 0.3 is 0 Å². The van der Waals surface area contributed by atoms with E-state index in [-0.39, 0.29) is 17.0 Å². The number of ether oxygens (including phenoxy) is 2. The molecule has 0 bridgehead atoms. The molecule has 13 heteroatoms. The lowest BCUT2D eigenvalue weighted by Gasteiger charge is -2.46. The molecule has 0 radical (unpaired) electrons. The van der Waals surface area contributed by atoms with Crippen LogP contribution in [0.15, 0.2) is 42.6 Å². The van der Waals surface area contributed by atoms with E-state index in [9.17, 15) is 8.42 Å². The van der Waals surface area contributed by atoms with Crippen molar-refractivity contribution >= 4 is 56.1 Å². The number of halogens is 1.